The van der Waals surface area contributed by atoms with Gasteiger partial charge in [0, 0.05) is 64.8 Å². The molecule has 0 aliphatic carbocycles. The van der Waals surface area contributed by atoms with Crippen molar-refractivity contribution in [3.05, 3.63) is 48.2 Å². The highest BCUT2D eigenvalue weighted by Gasteiger charge is 2.13. The predicted octanol–water partition coefficient (Wildman–Crippen LogP) is 3.28. The number of nitrogens with zero attached hydrogens (tertiary/aromatic N) is 3. The molecule has 2 aromatic rings. The predicted molar refractivity (Wildman–Crippen MR) is 118 cm³/mol. The minimum Gasteiger partial charge on any atom is -0.493 e. The Morgan fingerprint density at radius 3 is 2.83 bits per heavy atom. The number of hydrogen-bond donors (Lipinski definition) is 2. The number of pyridine rings is 1. The first-order valence-electron chi connectivity index (χ1n) is 10.2. The number of methoxy groups -OCH3 is 1. The third kappa shape index (κ3) is 6.64. The summed E-state index contributed by atoms with van der Waals surface area (Å²) in [4.78, 5) is 11.2. The topological polar surface area (TPSA) is 71.0 Å². The van der Waals surface area contributed by atoms with Gasteiger partial charge in [0.15, 0.2) is 5.96 Å². The first-order chi connectivity index (χ1) is 14.3. The number of rotatable bonds is 9. The number of nitrogens with one attached hydrogen (secondary N) is 2. The Labute approximate surface area is 173 Å². The van der Waals surface area contributed by atoms with Gasteiger partial charge in [0.25, 0.3) is 0 Å². The summed E-state index contributed by atoms with van der Waals surface area (Å²) in [6.45, 7) is 4.19. The van der Waals surface area contributed by atoms with Crippen molar-refractivity contribution in [2.24, 2.45) is 4.99 Å². The van der Waals surface area contributed by atoms with E-state index < -0.39 is 0 Å². The first-order valence-corrected chi connectivity index (χ1v) is 10.2. The van der Waals surface area contributed by atoms with Crippen molar-refractivity contribution in [3.63, 3.8) is 0 Å². The van der Waals surface area contributed by atoms with E-state index in [9.17, 15) is 0 Å². The molecule has 1 aliphatic heterocycles. The molecule has 156 valence electrons. The molecule has 7 nitrogen and oxygen atoms in total. The Hall–Kier alpha value is -2.80. The summed E-state index contributed by atoms with van der Waals surface area (Å²) < 4.78 is 10.8. The van der Waals surface area contributed by atoms with Gasteiger partial charge in [-0.1, -0.05) is 6.07 Å². The van der Waals surface area contributed by atoms with Crippen molar-refractivity contribution in [1.82, 2.24) is 10.3 Å². The van der Waals surface area contributed by atoms with Crippen LogP contribution in [0.4, 0.5) is 11.5 Å². The van der Waals surface area contributed by atoms with Gasteiger partial charge in [0.05, 0.1) is 6.61 Å². The van der Waals surface area contributed by atoms with Gasteiger partial charge in [-0.2, -0.15) is 0 Å². The maximum atomic E-state index is 5.76. The van der Waals surface area contributed by atoms with Crippen LogP contribution in [-0.4, -0.2) is 51.4 Å². The van der Waals surface area contributed by atoms with Gasteiger partial charge in [0.2, 0.25) is 0 Å². The van der Waals surface area contributed by atoms with Gasteiger partial charge in [-0.15, -0.1) is 0 Å². The summed E-state index contributed by atoms with van der Waals surface area (Å²) in [6.07, 6.45) is 5.24. The van der Waals surface area contributed by atoms with E-state index in [0.717, 1.165) is 36.8 Å². The SMILES string of the molecule is CN=C(NCc1ccnc(N2CCCC2)c1)Nc1cccc(OCCCOC)c1. The summed E-state index contributed by atoms with van der Waals surface area (Å²) in [5.74, 6) is 2.59. The van der Waals surface area contributed by atoms with Crippen LogP contribution < -0.4 is 20.3 Å². The fourth-order valence-corrected chi connectivity index (χ4v) is 3.25. The zero-order valence-electron chi connectivity index (χ0n) is 17.4. The minimum atomic E-state index is 0.631. The molecule has 3 rings (SSSR count). The Morgan fingerprint density at radius 2 is 2.03 bits per heavy atom. The lowest BCUT2D eigenvalue weighted by molar-refractivity contribution is 0.172. The summed E-state index contributed by atoms with van der Waals surface area (Å²) in [5.41, 5.74) is 2.11. The van der Waals surface area contributed by atoms with Crippen molar-refractivity contribution < 1.29 is 9.47 Å². The molecule has 0 amide bonds. The Bertz CT molecular complexity index is 790. The third-order valence-corrected chi connectivity index (χ3v) is 4.78. The molecule has 1 aromatic carbocycles. The molecular weight excluding hydrogens is 366 g/mol. The normalized spacial score (nSPS) is 14.1. The van der Waals surface area contributed by atoms with E-state index in [4.69, 9.17) is 9.47 Å². The molecule has 1 fully saturated rings. The molecule has 1 aliphatic rings. The lowest BCUT2D eigenvalue weighted by Gasteiger charge is -2.17. The molecule has 29 heavy (non-hydrogen) atoms. The number of benzene rings is 1. The van der Waals surface area contributed by atoms with Crippen LogP contribution in [0.2, 0.25) is 0 Å². The summed E-state index contributed by atoms with van der Waals surface area (Å²) in [5, 5.41) is 6.69. The third-order valence-electron chi connectivity index (χ3n) is 4.78. The van der Waals surface area contributed by atoms with Crippen molar-refractivity contribution in [1.29, 1.82) is 0 Å². The minimum absolute atomic E-state index is 0.631. The second kappa shape index (κ2) is 11.3. The van der Waals surface area contributed by atoms with Crippen molar-refractivity contribution in [3.8, 4) is 5.75 Å². The van der Waals surface area contributed by atoms with E-state index in [1.807, 2.05) is 36.5 Å². The highest BCUT2D eigenvalue weighted by Crippen LogP contribution is 2.19. The van der Waals surface area contributed by atoms with Crippen LogP contribution in [0.25, 0.3) is 0 Å². The average Bonchev–Trinajstić information content (AvgIpc) is 3.30. The summed E-state index contributed by atoms with van der Waals surface area (Å²) >= 11 is 0. The van der Waals surface area contributed by atoms with Gasteiger partial charge < -0.3 is 25.0 Å². The molecule has 0 atom stereocenters. The van der Waals surface area contributed by atoms with Gasteiger partial charge in [-0.25, -0.2) is 4.98 Å². The molecule has 1 saturated heterocycles. The van der Waals surface area contributed by atoms with Crippen LogP contribution in [0.15, 0.2) is 47.6 Å². The van der Waals surface area contributed by atoms with Crippen LogP contribution in [0.5, 0.6) is 5.75 Å². The second-order valence-corrected chi connectivity index (χ2v) is 6.99. The summed E-state index contributed by atoms with van der Waals surface area (Å²) in [6, 6.07) is 12.1. The molecule has 0 unspecified atom stereocenters. The van der Waals surface area contributed by atoms with E-state index in [-0.39, 0.29) is 0 Å². The largest absolute Gasteiger partial charge is 0.493 e. The number of guanidine groups is 1. The van der Waals surface area contributed by atoms with Crippen LogP contribution in [0, 0.1) is 0 Å². The number of hydrogen-bond acceptors (Lipinski definition) is 5. The molecule has 1 aromatic heterocycles. The molecule has 0 radical (unpaired) electrons. The maximum absolute atomic E-state index is 5.76. The number of anilines is 2. The van der Waals surface area contributed by atoms with E-state index in [1.54, 1.807) is 14.2 Å². The molecular formula is C22H31N5O2. The van der Waals surface area contributed by atoms with Crippen LogP contribution in [0.3, 0.4) is 0 Å². The van der Waals surface area contributed by atoms with E-state index >= 15 is 0 Å². The van der Waals surface area contributed by atoms with Gasteiger partial charge in [-0.05, 0) is 42.7 Å². The van der Waals surface area contributed by atoms with Gasteiger partial charge >= 0.3 is 0 Å². The Balaban J connectivity index is 1.52. The Morgan fingerprint density at radius 1 is 1.17 bits per heavy atom. The number of ether oxygens (including phenoxy) is 2. The maximum Gasteiger partial charge on any atom is 0.195 e. The Kier molecular flexibility index (Phi) is 8.12. The highest BCUT2D eigenvalue weighted by atomic mass is 16.5. The monoisotopic (exact) mass is 397 g/mol. The smallest absolute Gasteiger partial charge is 0.195 e. The van der Waals surface area contributed by atoms with Crippen LogP contribution in [0.1, 0.15) is 24.8 Å². The fraction of sp³-hybridized carbons (Fsp3) is 0.455. The zero-order valence-corrected chi connectivity index (χ0v) is 17.4. The molecule has 2 N–H and O–H groups in total. The fourth-order valence-electron chi connectivity index (χ4n) is 3.25. The molecule has 0 spiro atoms. The lowest BCUT2D eigenvalue weighted by atomic mass is 10.2. The second-order valence-electron chi connectivity index (χ2n) is 6.99. The highest BCUT2D eigenvalue weighted by molar-refractivity contribution is 5.93. The van der Waals surface area contributed by atoms with Crippen LogP contribution >= 0.6 is 0 Å². The summed E-state index contributed by atoms with van der Waals surface area (Å²) in [7, 11) is 3.46. The quantitative estimate of drug-likeness (QED) is 0.384. The standard InChI is InChI=1S/C22H31N5O2/c1-23-22(26-19-7-5-8-20(16-19)29-14-6-13-28-2)25-17-18-9-10-24-21(15-18)27-11-3-4-12-27/h5,7-10,15-16H,3-4,6,11-14,17H2,1-2H3,(H2,23,25,26). The van der Waals surface area contributed by atoms with Gasteiger partial charge in [0.1, 0.15) is 11.6 Å². The molecule has 0 bridgehead atoms. The number of aromatic nitrogens is 1. The van der Waals surface area contributed by atoms with Crippen molar-refractivity contribution in [2.75, 3.05) is 50.7 Å². The lowest BCUT2D eigenvalue weighted by Crippen LogP contribution is -2.30. The van der Waals surface area contributed by atoms with E-state index in [2.05, 4.69) is 31.6 Å². The molecule has 2 heterocycles. The van der Waals surface area contributed by atoms with E-state index in [1.165, 1.54) is 18.4 Å². The van der Waals surface area contributed by atoms with Gasteiger partial charge in [-0.3, -0.25) is 4.99 Å². The zero-order chi connectivity index (χ0) is 20.3. The first kappa shape index (κ1) is 20.9. The van der Waals surface area contributed by atoms with Crippen LogP contribution in [-0.2, 0) is 11.3 Å². The van der Waals surface area contributed by atoms with E-state index in [0.29, 0.717) is 25.7 Å². The van der Waals surface area contributed by atoms with Crippen molar-refractivity contribution >= 4 is 17.5 Å². The van der Waals surface area contributed by atoms with Crippen molar-refractivity contribution in [2.45, 2.75) is 25.8 Å². The average molecular weight is 398 g/mol. The molecule has 7 heteroatoms. The number of aliphatic imine (C=N–C) groups is 1. The molecule has 0 saturated carbocycles.